The number of carbonyl (C=O) groups excluding carboxylic acids is 5. The normalized spacial score (nSPS) is 23.9. The van der Waals surface area contributed by atoms with Gasteiger partial charge in [0, 0.05) is 44.2 Å². The van der Waals surface area contributed by atoms with Crippen LogP contribution in [0.2, 0.25) is 0 Å². The first-order chi connectivity index (χ1) is 28.3. The summed E-state index contributed by atoms with van der Waals surface area (Å²) in [6, 6.07) is 4.85. The van der Waals surface area contributed by atoms with Gasteiger partial charge in [-0.25, -0.2) is 4.98 Å². The Morgan fingerprint density at radius 2 is 1.65 bits per heavy atom. The second-order valence-electron chi connectivity index (χ2n) is 18.9. The number of carbonyl (C=O) groups is 5. The van der Waals surface area contributed by atoms with Crippen LogP contribution in [0.4, 0.5) is 0 Å². The third kappa shape index (κ3) is 12.3. The number of ether oxygens (including phenoxy) is 1. The zero-order chi connectivity index (χ0) is 43.8. The number of morpholine rings is 1. The van der Waals surface area contributed by atoms with E-state index in [-0.39, 0.29) is 54.4 Å². The van der Waals surface area contributed by atoms with Gasteiger partial charge in [0.1, 0.15) is 41.6 Å². The lowest BCUT2D eigenvalue weighted by atomic mass is 9.82. The number of thiazole rings is 1. The van der Waals surface area contributed by atoms with E-state index in [0.717, 1.165) is 30.2 Å². The summed E-state index contributed by atoms with van der Waals surface area (Å²) in [6.07, 6.45) is 3.24. The molecule has 5 N–H and O–H groups in total. The highest BCUT2D eigenvalue weighted by Gasteiger charge is 2.44. The van der Waals surface area contributed by atoms with Gasteiger partial charge in [0.2, 0.25) is 29.5 Å². The molecule has 16 heteroatoms. The van der Waals surface area contributed by atoms with Crippen molar-refractivity contribution in [3.05, 3.63) is 52.5 Å². The van der Waals surface area contributed by atoms with Gasteiger partial charge in [-0.3, -0.25) is 33.9 Å². The van der Waals surface area contributed by atoms with E-state index in [9.17, 15) is 24.0 Å². The van der Waals surface area contributed by atoms with Gasteiger partial charge in [0.25, 0.3) is 0 Å². The van der Waals surface area contributed by atoms with Gasteiger partial charge in [-0.1, -0.05) is 92.6 Å². The lowest BCUT2D eigenvalue weighted by Gasteiger charge is -2.39. The molecule has 15 nitrogen and oxygen atoms in total. The highest BCUT2D eigenvalue weighted by atomic mass is 32.1. The van der Waals surface area contributed by atoms with Gasteiger partial charge in [-0.15, -0.1) is 11.3 Å². The predicted octanol–water partition coefficient (Wildman–Crippen LogP) is 3.08. The second kappa shape index (κ2) is 20.4. The molecule has 5 amide bonds. The minimum absolute atomic E-state index is 0.103. The molecule has 0 unspecified atom stereocenters. The minimum Gasteiger partial charge on any atom is -0.379 e. The maximum absolute atomic E-state index is 14.8. The van der Waals surface area contributed by atoms with Crippen molar-refractivity contribution in [2.24, 2.45) is 27.7 Å². The van der Waals surface area contributed by atoms with E-state index in [1.807, 2.05) is 98.0 Å². The number of nitrogens with zero attached hydrogens (tertiary/aromatic N) is 4. The number of benzene rings is 1. The van der Waals surface area contributed by atoms with E-state index in [2.05, 4.69) is 36.5 Å². The summed E-state index contributed by atoms with van der Waals surface area (Å²) in [6.45, 7) is 21.0. The Morgan fingerprint density at radius 3 is 2.27 bits per heavy atom. The molecule has 330 valence electrons. The summed E-state index contributed by atoms with van der Waals surface area (Å²) < 4.78 is 5.53. The number of hydrogen-bond donors (Lipinski definition) is 5. The van der Waals surface area contributed by atoms with Crippen molar-refractivity contribution in [3.63, 3.8) is 0 Å². The summed E-state index contributed by atoms with van der Waals surface area (Å²) in [4.78, 5) is 84.2. The number of fused-ring (bicyclic) bond motifs is 1. The Kier molecular flexibility index (Phi) is 15.9. The van der Waals surface area contributed by atoms with E-state index >= 15 is 0 Å². The maximum atomic E-state index is 14.8. The van der Waals surface area contributed by atoms with E-state index in [4.69, 9.17) is 9.73 Å². The lowest BCUT2D eigenvalue weighted by Crippen LogP contribution is -2.64. The third-order valence-corrected chi connectivity index (χ3v) is 12.5. The maximum Gasteiger partial charge on any atom is 0.244 e. The molecular weight excluding hydrogens is 783 g/mol. The highest BCUT2D eigenvalue weighted by molar-refractivity contribution is 7.09. The van der Waals surface area contributed by atoms with Gasteiger partial charge in [-0.05, 0) is 41.1 Å². The van der Waals surface area contributed by atoms with Crippen molar-refractivity contribution in [2.45, 2.75) is 118 Å². The van der Waals surface area contributed by atoms with Crippen molar-refractivity contribution in [1.29, 1.82) is 0 Å². The van der Waals surface area contributed by atoms with Crippen LogP contribution in [0.1, 0.15) is 91.8 Å². The van der Waals surface area contributed by atoms with Crippen molar-refractivity contribution in [3.8, 4) is 0 Å². The van der Waals surface area contributed by atoms with Crippen LogP contribution in [-0.2, 0) is 35.1 Å². The minimum atomic E-state index is -0.969. The Bertz CT molecular complexity index is 1800. The zero-order valence-corrected chi connectivity index (χ0v) is 37.7. The summed E-state index contributed by atoms with van der Waals surface area (Å²) in [7, 11) is 0. The topological polar surface area (TPSA) is 186 Å². The van der Waals surface area contributed by atoms with Crippen LogP contribution in [0.15, 0.2) is 46.9 Å². The number of aromatic nitrogens is 1. The molecule has 3 aliphatic heterocycles. The summed E-state index contributed by atoms with van der Waals surface area (Å²) in [5.41, 5.74) is -0.533. The Morgan fingerprint density at radius 1 is 0.950 bits per heavy atom. The first kappa shape index (κ1) is 46.7. The Labute approximate surface area is 359 Å². The molecule has 0 saturated carbocycles. The number of hydrogen-bond acceptors (Lipinski definition) is 11. The zero-order valence-electron chi connectivity index (χ0n) is 36.9. The third-order valence-electron chi connectivity index (χ3n) is 11.6. The Hall–Kier alpha value is -4.41. The average Bonchev–Trinajstić information content (AvgIpc) is 3.87. The Balaban J connectivity index is 1.46. The molecule has 0 bridgehead atoms. The average molecular weight is 850 g/mol. The fraction of sp³-hybridized carbons (Fsp3) is 0.659. The number of amidine groups is 1. The van der Waals surface area contributed by atoms with Crippen LogP contribution in [0.3, 0.4) is 0 Å². The molecular formula is C44H67N9O6S. The summed E-state index contributed by atoms with van der Waals surface area (Å²) >= 11 is 1.48. The largest absolute Gasteiger partial charge is 0.379 e. The van der Waals surface area contributed by atoms with Crippen molar-refractivity contribution in [1.82, 2.24) is 41.4 Å². The number of amides is 5. The van der Waals surface area contributed by atoms with Gasteiger partial charge in [0.15, 0.2) is 0 Å². The van der Waals surface area contributed by atoms with E-state index < -0.39 is 52.9 Å². The molecule has 7 atom stereocenters. The van der Waals surface area contributed by atoms with Crippen LogP contribution >= 0.6 is 11.3 Å². The van der Waals surface area contributed by atoms with Crippen molar-refractivity contribution < 1.29 is 28.7 Å². The molecule has 2 aromatic rings. The van der Waals surface area contributed by atoms with Gasteiger partial charge in [0.05, 0.1) is 25.3 Å². The number of nitrogens with one attached hydrogen (secondary N) is 5. The molecule has 0 aliphatic carbocycles. The number of aliphatic imine (C=N–C) groups is 1. The fourth-order valence-electron chi connectivity index (χ4n) is 8.00. The smallest absolute Gasteiger partial charge is 0.244 e. The van der Waals surface area contributed by atoms with Gasteiger partial charge < -0.3 is 36.2 Å². The van der Waals surface area contributed by atoms with Gasteiger partial charge in [-0.2, -0.15) is 0 Å². The summed E-state index contributed by atoms with van der Waals surface area (Å²) in [5.74, 6) is -1.96. The van der Waals surface area contributed by atoms with Gasteiger partial charge >= 0.3 is 0 Å². The first-order valence-corrected chi connectivity index (χ1v) is 22.3. The highest BCUT2D eigenvalue weighted by Crippen LogP contribution is 2.28. The fourth-order valence-corrected chi connectivity index (χ4v) is 8.73. The van der Waals surface area contributed by atoms with Crippen LogP contribution in [-0.4, -0.2) is 126 Å². The monoisotopic (exact) mass is 849 g/mol. The molecule has 0 spiro atoms. The molecule has 1 aromatic carbocycles. The summed E-state index contributed by atoms with van der Waals surface area (Å²) in [5, 5.41) is 18.5. The molecule has 5 rings (SSSR count). The van der Waals surface area contributed by atoms with E-state index in [1.165, 1.54) is 11.3 Å². The number of rotatable bonds is 12. The molecule has 4 heterocycles. The van der Waals surface area contributed by atoms with Crippen LogP contribution in [0.25, 0.3) is 0 Å². The molecule has 60 heavy (non-hydrogen) atoms. The molecule has 2 saturated heterocycles. The predicted molar refractivity (Wildman–Crippen MR) is 233 cm³/mol. The van der Waals surface area contributed by atoms with E-state index in [0.29, 0.717) is 32.6 Å². The first-order valence-electron chi connectivity index (χ1n) is 21.4. The van der Waals surface area contributed by atoms with Crippen LogP contribution in [0, 0.1) is 22.7 Å². The molecule has 0 radical (unpaired) electrons. The van der Waals surface area contributed by atoms with Crippen LogP contribution < -0.4 is 26.6 Å². The SMILES string of the molecule is CC(C)[C@@H]1NC(=O)[C@@H]2[C@H](C)CCN2C(=O)CN=C(N[C@H](C(=O)N[C@@H](Cc2ccccc2)C(=O)N[C@@H](CCN2CCOCC2)c2nccs2)C(C)(C)C)[C@H](C(C)(C)C)NC1=O. The van der Waals surface area contributed by atoms with Crippen molar-refractivity contribution >= 4 is 46.7 Å². The lowest BCUT2D eigenvalue weighted by molar-refractivity contribution is -0.140. The molecule has 2 fully saturated rings. The van der Waals surface area contributed by atoms with Crippen molar-refractivity contribution in [2.75, 3.05) is 45.9 Å². The van der Waals surface area contributed by atoms with Crippen LogP contribution in [0.5, 0.6) is 0 Å². The molecule has 1 aromatic heterocycles. The standard InChI is InChI=1S/C44H67N9O6S/c1-27(2)33-39(56)51-35(43(4,5)6)37(46-26-32(54)53-19-15-28(3)34(53)40(57)49-33)50-36(44(7,8)9)41(58)48-31(25-29-13-11-10-12-14-29)38(55)47-30(42-45-17-24-60-42)16-18-52-20-22-59-23-21-52/h10-14,17,24,27-28,30-31,33-36H,15-16,18-23,25-26H2,1-9H3,(H,46,50)(H,47,55)(H,48,58)(H,49,57)(H,51,56)/t28-,30+,31+,33+,34+,35-,36-/m1/s1. The molecule has 3 aliphatic rings. The second-order valence-corrected chi connectivity index (χ2v) is 19.8. The quantitative estimate of drug-likeness (QED) is 0.214. The van der Waals surface area contributed by atoms with E-state index in [1.54, 1.807) is 11.1 Å².